The molecule has 0 unspecified atom stereocenters. The van der Waals surface area contributed by atoms with Gasteiger partial charge in [0.15, 0.2) is 11.4 Å². The summed E-state index contributed by atoms with van der Waals surface area (Å²) in [6.45, 7) is 12.0. The predicted molar refractivity (Wildman–Crippen MR) is 124 cm³/mol. The van der Waals surface area contributed by atoms with Gasteiger partial charge in [-0.15, -0.1) is 12.1 Å². The Morgan fingerprint density at radius 1 is 1.20 bits per heavy atom. The van der Waals surface area contributed by atoms with Gasteiger partial charge in [0.2, 0.25) is 5.79 Å². The lowest BCUT2D eigenvalue weighted by atomic mass is 9.39. The van der Waals surface area contributed by atoms with Crippen LogP contribution in [0.3, 0.4) is 0 Å². The second kappa shape index (κ2) is 8.55. The highest BCUT2D eigenvalue weighted by Crippen LogP contribution is 2.69. The van der Waals surface area contributed by atoms with E-state index < -0.39 is 63.3 Å². The fraction of sp³-hybridized carbons (Fsp3) is 0.708. The molecule has 4 N–H and O–H groups in total. The lowest BCUT2D eigenvalue weighted by Crippen LogP contribution is -2.85. The molecule has 1 aliphatic heterocycles. The Labute approximate surface area is 209 Å². The summed E-state index contributed by atoms with van der Waals surface area (Å²) in [7, 11) is 0. The summed E-state index contributed by atoms with van der Waals surface area (Å²) >= 11 is 5.30. The summed E-state index contributed by atoms with van der Waals surface area (Å²) in [4.78, 5) is 42.3. The summed E-state index contributed by atoms with van der Waals surface area (Å²) in [5.41, 5.74) is -5.10. The molecule has 3 rings (SSSR count). The smallest absolute Gasteiger partial charge is 0.414 e. The van der Waals surface area contributed by atoms with Crippen LogP contribution in [0.1, 0.15) is 60.3 Å². The van der Waals surface area contributed by atoms with Crippen LogP contribution in [-0.4, -0.2) is 61.9 Å². The first kappa shape index (κ1) is 27.6. The number of aliphatic hydroxyl groups is 3. The normalized spacial score (nSPS) is 44.7. The number of carbonyl (C=O) groups excluding carboxylic acids is 3. The number of aliphatic hydroxyl groups excluding tert-OH is 1. The van der Waals surface area contributed by atoms with Gasteiger partial charge in [0.05, 0.1) is 17.1 Å². The molecule has 11 heteroatoms. The number of hydroxylamine groups is 1. The van der Waals surface area contributed by atoms with Gasteiger partial charge in [0.25, 0.3) is 0 Å². The Kier molecular flexibility index (Phi) is 6.75. The Morgan fingerprint density at radius 3 is 2.40 bits per heavy atom. The number of hydrogen-bond acceptors (Lipinski definition) is 9. The van der Waals surface area contributed by atoms with Crippen LogP contribution >= 0.6 is 11.6 Å². The number of amides is 1. The number of Topliss-reactive ketones (excluding diaryl/α,β-unsaturated/α-hetero) is 1. The maximum absolute atomic E-state index is 13.8. The molecule has 3 aliphatic rings. The Morgan fingerprint density at radius 2 is 1.83 bits per heavy atom. The second-order valence-corrected chi connectivity index (χ2v) is 11.3. The standard InChI is InChI=1S/C24H34ClNO9/c1-7-20(4)13-15(28)24(32)21(5,35-20)12-14(27)17-19(2,3)9-10-23(31,22(17,24)6)33-18(30)26-34-16(29)8-11-25/h7-8,11,14,17,27,31-32H,1,9-10,12-13H2,2-6H3,(H,26,30)/b11-8+/t14-,17+,20+,21-,22-,23-,24-/m1/s1. The van der Waals surface area contributed by atoms with Crippen LogP contribution in [0, 0.1) is 16.7 Å². The summed E-state index contributed by atoms with van der Waals surface area (Å²) in [5.74, 6) is -4.98. The van der Waals surface area contributed by atoms with Gasteiger partial charge in [0.1, 0.15) is 5.60 Å². The first-order valence-electron chi connectivity index (χ1n) is 11.4. The largest absolute Gasteiger partial charge is 0.443 e. The Balaban J connectivity index is 2.12. The van der Waals surface area contributed by atoms with E-state index in [4.69, 9.17) is 21.1 Å². The number of ether oxygens (including phenoxy) is 2. The number of ketones is 1. The van der Waals surface area contributed by atoms with E-state index in [1.54, 1.807) is 12.4 Å². The third kappa shape index (κ3) is 3.90. The maximum atomic E-state index is 13.8. The van der Waals surface area contributed by atoms with E-state index in [9.17, 15) is 29.7 Å². The van der Waals surface area contributed by atoms with Crippen LogP contribution in [0.15, 0.2) is 24.3 Å². The fourth-order valence-electron chi connectivity index (χ4n) is 6.88. The van der Waals surface area contributed by atoms with Crippen LogP contribution < -0.4 is 5.48 Å². The highest BCUT2D eigenvalue weighted by atomic mass is 35.5. The molecule has 3 fully saturated rings. The molecule has 1 amide bonds. The zero-order chi connectivity index (χ0) is 26.7. The van der Waals surface area contributed by atoms with E-state index in [1.165, 1.54) is 19.9 Å². The van der Waals surface area contributed by atoms with Crippen molar-refractivity contribution in [3.63, 3.8) is 0 Å². The van der Waals surface area contributed by atoms with Crippen LogP contribution in [0.25, 0.3) is 0 Å². The molecule has 1 saturated heterocycles. The molecule has 0 radical (unpaired) electrons. The highest BCUT2D eigenvalue weighted by Gasteiger charge is 2.82. The Hall–Kier alpha value is -1.98. The molecular formula is C24H34ClNO9. The topological polar surface area (TPSA) is 152 Å². The van der Waals surface area contributed by atoms with Gasteiger partial charge in [-0.1, -0.05) is 31.5 Å². The zero-order valence-electron chi connectivity index (χ0n) is 20.6. The molecule has 1 heterocycles. The molecule has 2 aliphatic carbocycles. The Bertz CT molecular complexity index is 969. The summed E-state index contributed by atoms with van der Waals surface area (Å²) < 4.78 is 11.6. The fourth-order valence-corrected chi connectivity index (χ4v) is 6.98. The molecule has 0 aromatic rings. The van der Waals surface area contributed by atoms with E-state index in [1.807, 2.05) is 13.8 Å². The van der Waals surface area contributed by atoms with Crippen LogP contribution in [0.4, 0.5) is 4.79 Å². The van der Waals surface area contributed by atoms with Gasteiger partial charge in [-0.25, -0.2) is 9.59 Å². The van der Waals surface area contributed by atoms with Crippen molar-refractivity contribution >= 4 is 29.4 Å². The average molecular weight is 516 g/mol. The van der Waals surface area contributed by atoms with Gasteiger partial charge in [0, 0.05) is 36.8 Å². The van der Waals surface area contributed by atoms with E-state index >= 15 is 0 Å². The molecule has 10 nitrogen and oxygen atoms in total. The number of halogens is 1. The van der Waals surface area contributed by atoms with Crippen molar-refractivity contribution in [2.45, 2.75) is 89.0 Å². The van der Waals surface area contributed by atoms with Crippen molar-refractivity contribution in [1.82, 2.24) is 5.48 Å². The number of fused-ring (bicyclic) bond motifs is 3. The molecule has 196 valence electrons. The monoisotopic (exact) mass is 515 g/mol. The van der Waals surface area contributed by atoms with Crippen LogP contribution in [0.2, 0.25) is 0 Å². The van der Waals surface area contributed by atoms with E-state index in [2.05, 4.69) is 11.4 Å². The van der Waals surface area contributed by atoms with Crippen molar-refractivity contribution in [3.05, 3.63) is 24.3 Å². The maximum Gasteiger partial charge on any atom is 0.443 e. The SMILES string of the molecule is C=C[C@@]1(C)CC(=O)[C@]2(O)[C@]3(C)[C@@H]([C@H](O)C[C@@]2(C)O1)C(C)(C)CC[C@@]3(O)OC(=O)NOC(=O)/C=C/Cl. The minimum atomic E-state index is -2.45. The van der Waals surface area contributed by atoms with Crippen molar-refractivity contribution in [2.24, 2.45) is 16.7 Å². The zero-order valence-corrected chi connectivity index (χ0v) is 21.3. The summed E-state index contributed by atoms with van der Waals surface area (Å²) in [6, 6.07) is 0. The first-order chi connectivity index (χ1) is 16.0. The van der Waals surface area contributed by atoms with Gasteiger partial charge in [-0.2, -0.15) is 0 Å². The third-order valence-corrected chi connectivity index (χ3v) is 8.51. The lowest BCUT2D eigenvalue weighted by Gasteiger charge is -2.71. The molecule has 2 saturated carbocycles. The third-order valence-electron chi connectivity index (χ3n) is 8.38. The van der Waals surface area contributed by atoms with Gasteiger partial charge in [-0.05, 0) is 32.6 Å². The van der Waals surface area contributed by atoms with Gasteiger partial charge in [-0.3, -0.25) is 4.79 Å². The first-order valence-corrected chi connectivity index (χ1v) is 11.9. The molecule has 0 aromatic carbocycles. The summed E-state index contributed by atoms with van der Waals surface area (Å²) in [6.07, 6.45) is -0.418. The van der Waals surface area contributed by atoms with Crippen LogP contribution in [0.5, 0.6) is 0 Å². The lowest BCUT2D eigenvalue weighted by molar-refractivity contribution is -0.398. The van der Waals surface area contributed by atoms with Gasteiger partial charge < -0.3 is 29.6 Å². The highest BCUT2D eigenvalue weighted by molar-refractivity contribution is 6.26. The van der Waals surface area contributed by atoms with Crippen molar-refractivity contribution in [3.8, 4) is 0 Å². The molecule has 0 bridgehead atoms. The van der Waals surface area contributed by atoms with Gasteiger partial charge >= 0.3 is 12.1 Å². The molecular weight excluding hydrogens is 482 g/mol. The molecule has 35 heavy (non-hydrogen) atoms. The minimum absolute atomic E-state index is 0.104. The number of carbonyl (C=O) groups is 3. The average Bonchev–Trinajstić information content (AvgIpc) is 2.73. The molecule has 0 aromatic heterocycles. The van der Waals surface area contributed by atoms with E-state index in [0.29, 0.717) is 0 Å². The summed E-state index contributed by atoms with van der Waals surface area (Å²) in [5, 5.41) is 35.5. The van der Waals surface area contributed by atoms with E-state index in [-0.39, 0.29) is 25.7 Å². The number of rotatable bonds is 3. The van der Waals surface area contributed by atoms with Crippen molar-refractivity contribution in [2.75, 3.05) is 0 Å². The second-order valence-electron chi connectivity index (χ2n) is 11.1. The minimum Gasteiger partial charge on any atom is -0.414 e. The van der Waals surface area contributed by atoms with Crippen molar-refractivity contribution < 1.29 is 44.0 Å². The van der Waals surface area contributed by atoms with E-state index in [0.717, 1.165) is 11.6 Å². The van der Waals surface area contributed by atoms with Crippen molar-refractivity contribution in [1.29, 1.82) is 0 Å². The quantitative estimate of drug-likeness (QED) is 0.192. The van der Waals surface area contributed by atoms with Crippen LogP contribution in [-0.2, 0) is 23.9 Å². The predicted octanol–water partition coefficient (Wildman–Crippen LogP) is 2.24. The number of nitrogens with one attached hydrogen (secondary N) is 1. The molecule has 0 spiro atoms. The molecule has 7 atom stereocenters. The number of hydrogen-bond donors (Lipinski definition) is 4.